The van der Waals surface area contributed by atoms with Gasteiger partial charge in [0.25, 0.3) is 0 Å². The van der Waals surface area contributed by atoms with Gasteiger partial charge in [-0.3, -0.25) is 14.7 Å². The molecular weight excluding hydrogens is 440 g/mol. The van der Waals surface area contributed by atoms with Gasteiger partial charge in [0.15, 0.2) is 0 Å². The van der Waals surface area contributed by atoms with E-state index in [1.165, 1.54) is 24.3 Å². The summed E-state index contributed by atoms with van der Waals surface area (Å²) in [4.78, 5) is 18.9. The topological polar surface area (TPSA) is 63.7 Å². The summed E-state index contributed by atoms with van der Waals surface area (Å²) < 4.78 is 38.2. The molecule has 1 amide bonds. The highest BCUT2D eigenvalue weighted by Crippen LogP contribution is 2.19. The lowest BCUT2D eigenvalue weighted by atomic mass is 10.1. The van der Waals surface area contributed by atoms with Crippen LogP contribution in [0.15, 0.2) is 60.8 Å². The highest BCUT2D eigenvalue weighted by atomic mass is 19.1. The second-order valence-corrected chi connectivity index (χ2v) is 8.10. The average Bonchev–Trinajstić information content (AvgIpc) is 2.84. The van der Waals surface area contributed by atoms with E-state index in [9.17, 15) is 13.6 Å². The highest BCUT2D eigenvalue weighted by Gasteiger charge is 2.11. The molecule has 0 radical (unpaired) electrons. The summed E-state index contributed by atoms with van der Waals surface area (Å²) in [7, 11) is 0. The molecule has 34 heavy (non-hydrogen) atoms. The number of hydrogen-bond donors (Lipinski definition) is 1. The monoisotopic (exact) mass is 467 g/mol. The largest absolute Gasteiger partial charge is 0.492 e. The van der Waals surface area contributed by atoms with Crippen LogP contribution in [0.25, 0.3) is 11.1 Å². The fourth-order valence-corrected chi connectivity index (χ4v) is 3.69. The minimum Gasteiger partial charge on any atom is -0.492 e. The van der Waals surface area contributed by atoms with Crippen LogP contribution in [-0.4, -0.2) is 55.2 Å². The van der Waals surface area contributed by atoms with Crippen molar-refractivity contribution >= 4 is 5.91 Å². The Morgan fingerprint density at radius 3 is 2.50 bits per heavy atom. The summed E-state index contributed by atoms with van der Waals surface area (Å²) in [5.41, 5.74) is 2.91. The van der Waals surface area contributed by atoms with E-state index >= 15 is 0 Å². The molecule has 6 nitrogen and oxygen atoms in total. The van der Waals surface area contributed by atoms with Crippen molar-refractivity contribution in [2.45, 2.75) is 13.0 Å². The molecule has 1 N–H and O–H groups in total. The first kappa shape index (κ1) is 23.8. The number of morpholine rings is 1. The lowest BCUT2D eigenvalue weighted by molar-refractivity contribution is -0.120. The maximum Gasteiger partial charge on any atom is 0.226 e. The molecule has 0 saturated carbocycles. The summed E-state index contributed by atoms with van der Waals surface area (Å²) in [5, 5.41) is 2.80. The van der Waals surface area contributed by atoms with E-state index in [-0.39, 0.29) is 24.7 Å². The Morgan fingerprint density at radius 2 is 1.76 bits per heavy atom. The molecule has 3 aromatic rings. The maximum atomic E-state index is 14.0. The summed E-state index contributed by atoms with van der Waals surface area (Å²) in [6, 6.07) is 14.2. The number of nitrogens with one attached hydrogen (secondary N) is 1. The van der Waals surface area contributed by atoms with E-state index in [1.54, 1.807) is 30.5 Å². The molecule has 178 valence electrons. The molecule has 1 aliphatic heterocycles. The van der Waals surface area contributed by atoms with Crippen LogP contribution in [0.4, 0.5) is 8.78 Å². The fraction of sp³-hybridized carbons (Fsp3) is 0.308. The zero-order chi connectivity index (χ0) is 23.8. The Hall–Kier alpha value is -3.36. The zero-order valence-electron chi connectivity index (χ0n) is 18.8. The molecule has 1 aromatic heterocycles. The highest BCUT2D eigenvalue weighted by molar-refractivity contribution is 5.78. The number of nitrogens with zero attached hydrogens (tertiary/aromatic N) is 2. The number of rotatable bonds is 9. The van der Waals surface area contributed by atoms with Crippen molar-refractivity contribution < 1.29 is 23.0 Å². The van der Waals surface area contributed by atoms with Crippen LogP contribution in [0.3, 0.4) is 0 Å². The minimum absolute atomic E-state index is 0.0991. The van der Waals surface area contributed by atoms with Crippen LogP contribution < -0.4 is 10.1 Å². The Labute approximate surface area is 197 Å². The number of carbonyl (C=O) groups excluding carboxylic acids is 1. The fourth-order valence-electron chi connectivity index (χ4n) is 3.69. The Balaban J connectivity index is 1.25. The van der Waals surface area contributed by atoms with Crippen LogP contribution >= 0.6 is 0 Å². The first-order valence-electron chi connectivity index (χ1n) is 11.2. The summed E-state index contributed by atoms with van der Waals surface area (Å²) in [6.45, 7) is 4.56. The van der Waals surface area contributed by atoms with Crippen molar-refractivity contribution in [2.75, 3.05) is 39.5 Å². The quantitative estimate of drug-likeness (QED) is 0.521. The third-order valence-corrected chi connectivity index (χ3v) is 5.54. The molecule has 1 aliphatic rings. The third-order valence-electron chi connectivity index (χ3n) is 5.54. The Bertz CT molecular complexity index is 1090. The molecule has 2 aromatic carbocycles. The summed E-state index contributed by atoms with van der Waals surface area (Å²) in [5.74, 6) is -0.488. The number of pyridine rings is 1. The van der Waals surface area contributed by atoms with E-state index in [2.05, 4.69) is 15.2 Å². The van der Waals surface area contributed by atoms with Crippen LogP contribution in [-0.2, 0) is 22.5 Å². The van der Waals surface area contributed by atoms with E-state index in [0.29, 0.717) is 23.6 Å². The second kappa shape index (κ2) is 11.7. The SMILES string of the molecule is O=C(Cc1ccc(-c2ccc(F)cc2)cn1)NCc1cc(F)cc(OCCN2CCOCC2)c1. The van der Waals surface area contributed by atoms with Crippen molar-refractivity contribution in [2.24, 2.45) is 0 Å². The van der Waals surface area contributed by atoms with Gasteiger partial charge < -0.3 is 14.8 Å². The second-order valence-electron chi connectivity index (χ2n) is 8.10. The van der Waals surface area contributed by atoms with Gasteiger partial charge in [0, 0.05) is 49.7 Å². The molecule has 2 heterocycles. The molecule has 0 bridgehead atoms. The van der Waals surface area contributed by atoms with E-state index in [1.807, 2.05) is 6.07 Å². The first-order valence-corrected chi connectivity index (χ1v) is 11.2. The first-order chi connectivity index (χ1) is 16.5. The molecule has 0 spiro atoms. The van der Waals surface area contributed by atoms with Gasteiger partial charge in [-0.05, 0) is 41.5 Å². The average molecular weight is 468 g/mol. The smallest absolute Gasteiger partial charge is 0.226 e. The predicted octanol–water partition coefficient (Wildman–Crippen LogP) is 3.60. The molecule has 1 fully saturated rings. The number of ether oxygens (including phenoxy) is 2. The maximum absolute atomic E-state index is 14.0. The molecule has 8 heteroatoms. The van der Waals surface area contributed by atoms with Crippen molar-refractivity contribution in [3.63, 3.8) is 0 Å². The van der Waals surface area contributed by atoms with Gasteiger partial charge in [-0.2, -0.15) is 0 Å². The number of hydrogen-bond acceptors (Lipinski definition) is 5. The molecular formula is C26H27F2N3O3. The standard InChI is InChI=1S/C26H27F2N3O3/c27-22-4-1-20(2-5-22)21-3-6-24(29-18-21)16-26(32)30-17-19-13-23(28)15-25(14-19)34-12-9-31-7-10-33-11-8-31/h1-6,13-15,18H,7-12,16-17H2,(H,30,32). The summed E-state index contributed by atoms with van der Waals surface area (Å²) in [6.07, 6.45) is 1.75. The normalized spacial score (nSPS) is 14.1. The Kier molecular flexibility index (Phi) is 8.17. The van der Waals surface area contributed by atoms with Gasteiger partial charge in [-0.25, -0.2) is 8.78 Å². The van der Waals surface area contributed by atoms with Gasteiger partial charge in [-0.15, -0.1) is 0 Å². The van der Waals surface area contributed by atoms with Crippen molar-refractivity contribution in [1.29, 1.82) is 0 Å². The van der Waals surface area contributed by atoms with Gasteiger partial charge in [0.1, 0.15) is 24.0 Å². The zero-order valence-corrected chi connectivity index (χ0v) is 18.8. The minimum atomic E-state index is -0.411. The van der Waals surface area contributed by atoms with Crippen LogP contribution in [0.2, 0.25) is 0 Å². The number of benzene rings is 2. The van der Waals surface area contributed by atoms with Crippen LogP contribution in [0, 0.1) is 11.6 Å². The lowest BCUT2D eigenvalue weighted by Gasteiger charge is -2.26. The van der Waals surface area contributed by atoms with Crippen LogP contribution in [0.1, 0.15) is 11.3 Å². The van der Waals surface area contributed by atoms with Crippen molar-refractivity contribution in [3.05, 3.63) is 83.7 Å². The van der Waals surface area contributed by atoms with Crippen molar-refractivity contribution in [3.8, 4) is 16.9 Å². The molecule has 0 unspecified atom stereocenters. The van der Waals surface area contributed by atoms with Gasteiger partial charge >= 0.3 is 0 Å². The van der Waals surface area contributed by atoms with E-state index in [0.717, 1.165) is 44.0 Å². The van der Waals surface area contributed by atoms with Gasteiger partial charge in [-0.1, -0.05) is 18.2 Å². The molecule has 4 rings (SSSR count). The van der Waals surface area contributed by atoms with Crippen LogP contribution in [0.5, 0.6) is 5.75 Å². The molecule has 0 atom stereocenters. The third kappa shape index (κ3) is 7.07. The van der Waals surface area contributed by atoms with Gasteiger partial charge in [0.05, 0.1) is 19.6 Å². The molecule has 1 saturated heterocycles. The number of carbonyl (C=O) groups is 1. The lowest BCUT2D eigenvalue weighted by Crippen LogP contribution is -2.38. The number of aromatic nitrogens is 1. The van der Waals surface area contributed by atoms with Crippen molar-refractivity contribution in [1.82, 2.24) is 15.2 Å². The molecule has 0 aliphatic carbocycles. The predicted molar refractivity (Wildman–Crippen MR) is 124 cm³/mol. The number of halogens is 2. The van der Waals surface area contributed by atoms with E-state index in [4.69, 9.17) is 9.47 Å². The van der Waals surface area contributed by atoms with Gasteiger partial charge in [0.2, 0.25) is 5.91 Å². The summed E-state index contributed by atoms with van der Waals surface area (Å²) >= 11 is 0. The van der Waals surface area contributed by atoms with E-state index < -0.39 is 5.82 Å². The Morgan fingerprint density at radius 1 is 1.00 bits per heavy atom. The number of amides is 1.